The normalized spacial score (nSPS) is 12.3. The zero-order valence-electron chi connectivity index (χ0n) is 13.6. The summed E-state index contributed by atoms with van der Waals surface area (Å²) in [6, 6.07) is 5.46. The highest BCUT2D eigenvalue weighted by atomic mass is 35.5. The lowest BCUT2D eigenvalue weighted by Crippen LogP contribution is -2.38. The number of aliphatic imine (C=N–C) groups is 1. The van der Waals surface area contributed by atoms with Gasteiger partial charge in [-0.3, -0.25) is 4.99 Å². The largest absolute Gasteiger partial charge is 0.357 e. The summed E-state index contributed by atoms with van der Waals surface area (Å²) in [7, 11) is -1.12. The minimum absolute atomic E-state index is 0.0546. The zero-order chi connectivity index (χ0) is 17.5. The quantitative estimate of drug-likeness (QED) is 0.584. The maximum Gasteiger partial charge on any atom is 0.193 e. The third-order valence-electron chi connectivity index (χ3n) is 3.20. The molecule has 8 heteroatoms. The van der Waals surface area contributed by atoms with Crippen LogP contribution in [-0.2, 0) is 16.4 Å². The van der Waals surface area contributed by atoms with Crippen molar-refractivity contribution < 1.29 is 8.42 Å². The highest BCUT2D eigenvalue weighted by molar-refractivity contribution is 7.91. The van der Waals surface area contributed by atoms with Gasteiger partial charge in [-0.2, -0.15) is 0 Å². The van der Waals surface area contributed by atoms with Gasteiger partial charge in [0.25, 0.3) is 0 Å². The van der Waals surface area contributed by atoms with Crippen molar-refractivity contribution in [3.63, 3.8) is 0 Å². The second-order valence-electron chi connectivity index (χ2n) is 5.08. The van der Waals surface area contributed by atoms with Crippen molar-refractivity contribution in [3.05, 3.63) is 33.8 Å². The number of rotatable bonds is 7. The molecule has 5 nitrogen and oxygen atoms in total. The molecule has 1 rings (SSSR count). The number of guanidine groups is 1. The van der Waals surface area contributed by atoms with E-state index in [0.29, 0.717) is 29.1 Å². The van der Waals surface area contributed by atoms with Crippen molar-refractivity contribution >= 4 is 39.0 Å². The fourth-order valence-corrected chi connectivity index (χ4v) is 2.87. The van der Waals surface area contributed by atoms with Crippen LogP contribution >= 0.6 is 23.2 Å². The number of nitrogens with one attached hydrogen (secondary N) is 1. The van der Waals surface area contributed by atoms with Crippen LogP contribution < -0.4 is 5.32 Å². The van der Waals surface area contributed by atoms with E-state index in [1.54, 1.807) is 13.0 Å². The van der Waals surface area contributed by atoms with Crippen LogP contribution in [0.5, 0.6) is 0 Å². The van der Waals surface area contributed by atoms with Gasteiger partial charge in [0, 0.05) is 25.9 Å². The molecule has 0 aliphatic heterocycles. The van der Waals surface area contributed by atoms with E-state index >= 15 is 0 Å². The number of halogens is 2. The summed E-state index contributed by atoms with van der Waals surface area (Å²) in [6.45, 7) is 5.13. The summed E-state index contributed by atoms with van der Waals surface area (Å²) in [5.41, 5.74) is 0.994. The van der Waals surface area contributed by atoms with Crippen LogP contribution in [0.4, 0.5) is 0 Å². The molecule has 0 unspecified atom stereocenters. The highest BCUT2D eigenvalue weighted by Gasteiger charge is 2.10. The van der Waals surface area contributed by atoms with Gasteiger partial charge in [-0.1, -0.05) is 36.2 Å². The molecule has 0 heterocycles. The van der Waals surface area contributed by atoms with Gasteiger partial charge < -0.3 is 10.2 Å². The number of benzene rings is 1. The van der Waals surface area contributed by atoms with E-state index in [4.69, 9.17) is 23.2 Å². The predicted octanol–water partition coefficient (Wildman–Crippen LogP) is 2.83. The molecule has 0 spiro atoms. The van der Waals surface area contributed by atoms with Crippen LogP contribution in [0.15, 0.2) is 23.2 Å². The van der Waals surface area contributed by atoms with Crippen molar-refractivity contribution in [1.29, 1.82) is 0 Å². The van der Waals surface area contributed by atoms with Crippen LogP contribution in [0, 0.1) is 0 Å². The monoisotopic (exact) mass is 379 g/mol. The maximum atomic E-state index is 11.5. The van der Waals surface area contributed by atoms with Crippen molar-refractivity contribution in [2.45, 2.75) is 20.4 Å². The Morgan fingerprint density at radius 3 is 2.52 bits per heavy atom. The van der Waals surface area contributed by atoms with Crippen LogP contribution in [-0.4, -0.2) is 50.9 Å². The van der Waals surface area contributed by atoms with Crippen molar-refractivity contribution in [3.8, 4) is 0 Å². The molecule has 0 aromatic heterocycles. The van der Waals surface area contributed by atoms with E-state index in [2.05, 4.69) is 10.3 Å². The standard InChI is InChI=1S/C15H23Cl2N3O2S/c1-4-18-15(19-8-9-23(21,22)5-2)20(3)11-12-6-7-13(16)14(17)10-12/h6-7,10H,4-5,8-9,11H2,1-3H3,(H,18,19). The number of hydrogen-bond acceptors (Lipinski definition) is 3. The Labute approximate surface area is 148 Å². The fourth-order valence-electron chi connectivity index (χ4n) is 1.89. The zero-order valence-corrected chi connectivity index (χ0v) is 16.0. The average Bonchev–Trinajstić information content (AvgIpc) is 2.50. The lowest BCUT2D eigenvalue weighted by molar-refractivity contribution is 0.477. The first-order valence-corrected chi connectivity index (χ1v) is 10.0. The molecule has 0 aliphatic rings. The summed E-state index contributed by atoms with van der Waals surface area (Å²) < 4.78 is 23.1. The maximum absolute atomic E-state index is 11.5. The van der Waals surface area contributed by atoms with Gasteiger partial charge in [0.15, 0.2) is 15.8 Å². The first-order valence-electron chi connectivity index (χ1n) is 7.42. The minimum Gasteiger partial charge on any atom is -0.357 e. The second-order valence-corrected chi connectivity index (χ2v) is 8.36. The van der Waals surface area contributed by atoms with E-state index in [-0.39, 0.29) is 18.1 Å². The number of hydrogen-bond donors (Lipinski definition) is 1. The molecule has 1 N–H and O–H groups in total. The van der Waals surface area contributed by atoms with E-state index in [9.17, 15) is 8.42 Å². The lowest BCUT2D eigenvalue weighted by Gasteiger charge is -2.22. The van der Waals surface area contributed by atoms with E-state index in [1.807, 2.05) is 31.0 Å². The minimum atomic E-state index is -3.01. The molecule has 23 heavy (non-hydrogen) atoms. The topological polar surface area (TPSA) is 61.8 Å². The molecular weight excluding hydrogens is 357 g/mol. The van der Waals surface area contributed by atoms with Gasteiger partial charge >= 0.3 is 0 Å². The Morgan fingerprint density at radius 2 is 1.96 bits per heavy atom. The summed E-state index contributed by atoms with van der Waals surface area (Å²) >= 11 is 11.9. The first kappa shape index (κ1) is 20.1. The van der Waals surface area contributed by atoms with Gasteiger partial charge in [0.05, 0.1) is 22.3 Å². The molecule has 0 fully saturated rings. The molecule has 0 amide bonds. The molecule has 130 valence electrons. The van der Waals surface area contributed by atoms with Crippen molar-refractivity contribution in [2.24, 2.45) is 4.99 Å². The fraction of sp³-hybridized carbons (Fsp3) is 0.533. The molecule has 0 atom stereocenters. The van der Waals surface area contributed by atoms with Gasteiger partial charge in [-0.25, -0.2) is 8.42 Å². The Balaban J connectivity index is 2.76. The van der Waals surface area contributed by atoms with Gasteiger partial charge in [0.2, 0.25) is 0 Å². The van der Waals surface area contributed by atoms with Crippen molar-refractivity contribution in [1.82, 2.24) is 10.2 Å². The van der Waals surface area contributed by atoms with E-state index < -0.39 is 9.84 Å². The smallest absolute Gasteiger partial charge is 0.193 e. The van der Waals surface area contributed by atoms with E-state index in [0.717, 1.165) is 5.56 Å². The molecular formula is C15H23Cl2N3O2S. The predicted molar refractivity (Wildman–Crippen MR) is 98.2 cm³/mol. The molecule has 1 aromatic rings. The SMILES string of the molecule is CCNC(=NCCS(=O)(=O)CC)N(C)Cc1ccc(Cl)c(Cl)c1. The Morgan fingerprint density at radius 1 is 1.26 bits per heavy atom. The van der Waals surface area contributed by atoms with Gasteiger partial charge in [0.1, 0.15) is 0 Å². The Kier molecular flexibility index (Phi) is 8.16. The van der Waals surface area contributed by atoms with Gasteiger partial charge in [-0.15, -0.1) is 0 Å². The van der Waals surface area contributed by atoms with Crippen LogP contribution in [0.1, 0.15) is 19.4 Å². The number of sulfone groups is 1. The molecule has 0 saturated heterocycles. The molecule has 0 radical (unpaired) electrons. The summed E-state index contributed by atoms with van der Waals surface area (Å²) in [5.74, 6) is 0.849. The van der Waals surface area contributed by atoms with Crippen LogP contribution in [0.2, 0.25) is 10.0 Å². The van der Waals surface area contributed by atoms with Crippen LogP contribution in [0.3, 0.4) is 0 Å². The third kappa shape index (κ3) is 6.97. The number of nitrogens with zero attached hydrogens (tertiary/aromatic N) is 2. The second kappa shape index (κ2) is 9.35. The van der Waals surface area contributed by atoms with Crippen molar-refractivity contribution in [2.75, 3.05) is 31.6 Å². The highest BCUT2D eigenvalue weighted by Crippen LogP contribution is 2.23. The first-order chi connectivity index (χ1) is 10.8. The Hall–Kier alpha value is -0.980. The van der Waals surface area contributed by atoms with E-state index in [1.165, 1.54) is 0 Å². The summed E-state index contributed by atoms with van der Waals surface area (Å²) in [4.78, 5) is 6.29. The molecule has 0 bridgehead atoms. The third-order valence-corrected chi connectivity index (χ3v) is 5.63. The van der Waals surface area contributed by atoms with Crippen LogP contribution in [0.25, 0.3) is 0 Å². The molecule has 0 saturated carbocycles. The molecule has 1 aromatic carbocycles. The average molecular weight is 380 g/mol. The Bertz CT molecular complexity index is 648. The lowest BCUT2D eigenvalue weighted by atomic mass is 10.2. The summed E-state index contributed by atoms with van der Waals surface area (Å²) in [6.07, 6.45) is 0. The summed E-state index contributed by atoms with van der Waals surface area (Å²) in [5, 5.41) is 4.18. The van der Waals surface area contributed by atoms with Gasteiger partial charge in [-0.05, 0) is 24.6 Å². The molecule has 0 aliphatic carbocycles.